The van der Waals surface area contributed by atoms with Crippen LogP contribution < -0.4 is 5.32 Å². The van der Waals surface area contributed by atoms with Gasteiger partial charge in [-0.25, -0.2) is 0 Å². The lowest BCUT2D eigenvalue weighted by Crippen LogP contribution is -2.29. The van der Waals surface area contributed by atoms with Crippen LogP contribution in [-0.4, -0.2) is 38.1 Å². The lowest BCUT2D eigenvalue weighted by atomic mass is 10.1. The van der Waals surface area contributed by atoms with Gasteiger partial charge in [0.15, 0.2) is 0 Å². The standard InChI is InChI=1S/C12H28N2/c1-5-9-12(2)14(4)11-8-6-7-10-13-3/h12-13H,5-11H2,1-4H3. The van der Waals surface area contributed by atoms with Gasteiger partial charge in [0.2, 0.25) is 0 Å². The zero-order valence-corrected chi connectivity index (χ0v) is 10.5. The van der Waals surface area contributed by atoms with Crippen LogP contribution in [0.15, 0.2) is 0 Å². The van der Waals surface area contributed by atoms with E-state index in [0.717, 1.165) is 12.6 Å². The second kappa shape index (κ2) is 9.47. The average molecular weight is 200 g/mol. The Morgan fingerprint density at radius 1 is 1.21 bits per heavy atom. The molecule has 0 aromatic rings. The molecule has 0 aromatic carbocycles. The van der Waals surface area contributed by atoms with E-state index in [2.05, 4.69) is 31.1 Å². The topological polar surface area (TPSA) is 15.3 Å². The van der Waals surface area contributed by atoms with Crippen LogP contribution >= 0.6 is 0 Å². The smallest absolute Gasteiger partial charge is 0.00637 e. The van der Waals surface area contributed by atoms with Gasteiger partial charge in [-0.2, -0.15) is 0 Å². The molecule has 0 saturated carbocycles. The van der Waals surface area contributed by atoms with Gasteiger partial charge in [-0.15, -0.1) is 0 Å². The van der Waals surface area contributed by atoms with Crippen LogP contribution in [0.4, 0.5) is 0 Å². The summed E-state index contributed by atoms with van der Waals surface area (Å²) in [6.45, 7) is 7.01. The number of rotatable bonds is 9. The Bertz CT molecular complexity index is 115. The molecule has 0 aliphatic rings. The minimum Gasteiger partial charge on any atom is -0.320 e. The van der Waals surface area contributed by atoms with Crippen LogP contribution in [0.1, 0.15) is 46.0 Å². The summed E-state index contributed by atoms with van der Waals surface area (Å²) < 4.78 is 0. The molecule has 0 bridgehead atoms. The summed E-state index contributed by atoms with van der Waals surface area (Å²) in [4.78, 5) is 2.49. The molecule has 14 heavy (non-hydrogen) atoms. The average Bonchev–Trinajstić information content (AvgIpc) is 2.17. The van der Waals surface area contributed by atoms with Gasteiger partial charge < -0.3 is 10.2 Å². The van der Waals surface area contributed by atoms with Crippen molar-refractivity contribution in [1.82, 2.24) is 10.2 Å². The molecule has 0 saturated heterocycles. The molecule has 2 heteroatoms. The van der Waals surface area contributed by atoms with E-state index in [9.17, 15) is 0 Å². The van der Waals surface area contributed by atoms with Crippen molar-refractivity contribution in [2.45, 2.75) is 52.0 Å². The summed E-state index contributed by atoms with van der Waals surface area (Å²) in [5.74, 6) is 0. The highest BCUT2D eigenvalue weighted by molar-refractivity contribution is 4.62. The van der Waals surface area contributed by atoms with Crippen molar-refractivity contribution in [3.05, 3.63) is 0 Å². The van der Waals surface area contributed by atoms with Crippen molar-refractivity contribution in [2.75, 3.05) is 27.2 Å². The van der Waals surface area contributed by atoms with Crippen LogP contribution in [0.3, 0.4) is 0 Å². The van der Waals surface area contributed by atoms with Crippen molar-refractivity contribution in [3.8, 4) is 0 Å². The molecule has 1 atom stereocenters. The van der Waals surface area contributed by atoms with Crippen molar-refractivity contribution >= 4 is 0 Å². The first kappa shape index (κ1) is 13.9. The first-order valence-electron chi connectivity index (χ1n) is 6.07. The predicted octanol–water partition coefficient (Wildman–Crippen LogP) is 2.50. The molecule has 0 radical (unpaired) electrons. The molecule has 86 valence electrons. The first-order chi connectivity index (χ1) is 6.72. The number of hydrogen-bond acceptors (Lipinski definition) is 2. The summed E-state index contributed by atoms with van der Waals surface area (Å²) in [5, 5.41) is 3.19. The minimum absolute atomic E-state index is 0.754. The summed E-state index contributed by atoms with van der Waals surface area (Å²) in [5.41, 5.74) is 0. The third-order valence-corrected chi connectivity index (χ3v) is 2.90. The zero-order chi connectivity index (χ0) is 10.8. The number of unbranched alkanes of at least 4 members (excludes halogenated alkanes) is 2. The third kappa shape index (κ3) is 7.34. The molecule has 0 aliphatic carbocycles. The molecule has 1 unspecified atom stereocenters. The Balaban J connectivity index is 3.29. The van der Waals surface area contributed by atoms with Gasteiger partial charge in [0, 0.05) is 6.04 Å². The maximum absolute atomic E-state index is 3.19. The number of nitrogens with zero attached hydrogens (tertiary/aromatic N) is 1. The van der Waals surface area contributed by atoms with Crippen LogP contribution in [0.2, 0.25) is 0 Å². The van der Waals surface area contributed by atoms with Crippen LogP contribution in [0.5, 0.6) is 0 Å². The van der Waals surface area contributed by atoms with E-state index in [1.165, 1.54) is 38.6 Å². The normalized spacial score (nSPS) is 13.5. The number of hydrogen-bond donors (Lipinski definition) is 1. The van der Waals surface area contributed by atoms with Gasteiger partial charge in [0.25, 0.3) is 0 Å². The largest absolute Gasteiger partial charge is 0.320 e. The van der Waals surface area contributed by atoms with E-state index in [4.69, 9.17) is 0 Å². The summed E-state index contributed by atoms with van der Waals surface area (Å²) in [6.07, 6.45) is 6.63. The van der Waals surface area contributed by atoms with Crippen molar-refractivity contribution in [3.63, 3.8) is 0 Å². The van der Waals surface area contributed by atoms with Gasteiger partial charge >= 0.3 is 0 Å². The highest BCUT2D eigenvalue weighted by Crippen LogP contribution is 2.05. The molecule has 0 amide bonds. The molecule has 2 nitrogen and oxygen atoms in total. The maximum atomic E-state index is 3.19. The lowest BCUT2D eigenvalue weighted by Gasteiger charge is -2.24. The van der Waals surface area contributed by atoms with E-state index in [-0.39, 0.29) is 0 Å². The predicted molar refractivity (Wildman–Crippen MR) is 64.8 cm³/mol. The summed E-state index contributed by atoms with van der Waals surface area (Å²) >= 11 is 0. The minimum atomic E-state index is 0.754. The molecular weight excluding hydrogens is 172 g/mol. The fraction of sp³-hybridized carbons (Fsp3) is 1.00. The Hall–Kier alpha value is -0.0800. The molecule has 1 N–H and O–H groups in total. The second-order valence-corrected chi connectivity index (χ2v) is 4.28. The summed E-state index contributed by atoms with van der Waals surface area (Å²) in [7, 11) is 4.27. The monoisotopic (exact) mass is 200 g/mol. The molecule has 0 aromatic heterocycles. The van der Waals surface area contributed by atoms with E-state index in [0.29, 0.717) is 0 Å². The quantitative estimate of drug-likeness (QED) is 0.575. The Morgan fingerprint density at radius 3 is 2.50 bits per heavy atom. The second-order valence-electron chi connectivity index (χ2n) is 4.28. The molecule has 0 spiro atoms. The van der Waals surface area contributed by atoms with E-state index in [1.54, 1.807) is 0 Å². The van der Waals surface area contributed by atoms with E-state index in [1.807, 2.05) is 7.05 Å². The highest BCUT2D eigenvalue weighted by Gasteiger charge is 2.06. The van der Waals surface area contributed by atoms with Gasteiger partial charge in [-0.1, -0.05) is 19.8 Å². The zero-order valence-electron chi connectivity index (χ0n) is 10.5. The van der Waals surface area contributed by atoms with Gasteiger partial charge in [0.1, 0.15) is 0 Å². The first-order valence-corrected chi connectivity index (χ1v) is 6.07. The molecule has 0 aliphatic heterocycles. The Morgan fingerprint density at radius 2 is 1.93 bits per heavy atom. The Labute approximate surface area is 90.1 Å². The summed E-state index contributed by atoms with van der Waals surface area (Å²) in [6, 6.07) is 0.754. The third-order valence-electron chi connectivity index (χ3n) is 2.90. The van der Waals surface area contributed by atoms with E-state index < -0.39 is 0 Å². The maximum Gasteiger partial charge on any atom is 0.00637 e. The van der Waals surface area contributed by atoms with Gasteiger partial charge in [-0.05, 0) is 53.4 Å². The van der Waals surface area contributed by atoms with Crippen molar-refractivity contribution in [1.29, 1.82) is 0 Å². The van der Waals surface area contributed by atoms with Gasteiger partial charge in [-0.3, -0.25) is 0 Å². The SMILES string of the molecule is CCCC(C)N(C)CCCCCNC. The van der Waals surface area contributed by atoms with Crippen LogP contribution in [0.25, 0.3) is 0 Å². The molecule has 0 heterocycles. The number of nitrogens with one attached hydrogen (secondary N) is 1. The van der Waals surface area contributed by atoms with Gasteiger partial charge in [0.05, 0.1) is 0 Å². The molecule has 0 rings (SSSR count). The van der Waals surface area contributed by atoms with Crippen molar-refractivity contribution < 1.29 is 0 Å². The van der Waals surface area contributed by atoms with E-state index >= 15 is 0 Å². The lowest BCUT2D eigenvalue weighted by molar-refractivity contribution is 0.239. The fourth-order valence-electron chi connectivity index (χ4n) is 1.70. The fourth-order valence-corrected chi connectivity index (χ4v) is 1.70. The molecule has 0 fully saturated rings. The van der Waals surface area contributed by atoms with Crippen molar-refractivity contribution in [2.24, 2.45) is 0 Å². The highest BCUT2D eigenvalue weighted by atomic mass is 15.1. The van der Waals surface area contributed by atoms with Crippen LogP contribution in [-0.2, 0) is 0 Å². The Kier molecular flexibility index (Phi) is 9.42. The molecular formula is C12H28N2. The van der Waals surface area contributed by atoms with Crippen LogP contribution in [0, 0.1) is 0 Å².